The Morgan fingerprint density at radius 3 is 2.81 bits per heavy atom. The molecule has 2 rings (SSSR count). The monoisotopic (exact) mass is 347 g/mol. The van der Waals surface area contributed by atoms with Crippen LogP contribution in [-0.2, 0) is 9.53 Å². The topological polar surface area (TPSA) is 38.3 Å². The first-order valence-electron chi connectivity index (χ1n) is 7.10. The smallest absolute Gasteiger partial charge is 0.323 e. The van der Waals surface area contributed by atoms with Crippen LogP contribution in [0.4, 0.5) is 0 Å². The summed E-state index contributed by atoms with van der Waals surface area (Å²) in [6.45, 7) is 2.25. The van der Waals surface area contributed by atoms with Crippen molar-refractivity contribution in [3.05, 3.63) is 28.2 Å². The largest absolute Gasteiger partial charge is 0.465 e. The molecule has 6 heteroatoms. The number of carbonyl (C=O) groups excluding carboxylic acids is 1. The van der Waals surface area contributed by atoms with E-state index in [0.717, 1.165) is 29.9 Å². The average Bonchev–Trinajstić information content (AvgIpc) is 3.26. The Kier molecular flexibility index (Phi) is 6.68. The highest BCUT2D eigenvalue weighted by atomic mass is 35.5. The van der Waals surface area contributed by atoms with Gasteiger partial charge in [-0.2, -0.15) is 0 Å². The van der Waals surface area contributed by atoms with Crippen molar-refractivity contribution >= 4 is 40.9 Å². The highest BCUT2D eigenvalue weighted by Gasteiger charge is 2.28. The zero-order valence-corrected chi connectivity index (χ0v) is 14.2. The summed E-state index contributed by atoms with van der Waals surface area (Å²) in [4.78, 5) is 13.0. The molecular formula is C15H19Cl2NO2S. The minimum absolute atomic E-state index is 0.154. The van der Waals surface area contributed by atoms with E-state index < -0.39 is 0 Å². The summed E-state index contributed by atoms with van der Waals surface area (Å²) >= 11 is 13.5. The summed E-state index contributed by atoms with van der Waals surface area (Å²) in [7, 11) is 0. The number of hydrogen-bond donors (Lipinski definition) is 1. The lowest BCUT2D eigenvalue weighted by Gasteiger charge is -2.16. The van der Waals surface area contributed by atoms with Crippen molar-refractivity contribution < 1.29 is 9.53 Å². The third kappa shape index (κ3) is 5.70. The second-order valence-corrected chi connectivity index (χ2v) is 6.94. The third-order valence-corrected chi connectivity index (χ3v) is 4.92. The van der Waals surface area contributed by atoms with Gasteiger partial charge < -0.3 is 10.1 Å². The van der Waals surface area contributed by atoms with E-state index in [-0.39, 0.29) is 12.0 Å². The molecule has 116 valence electrons. The van der Waals surface area contributed by atoms with Gasteiger partial charge in [0.2, 0.25) is 0 Å². The fourth-order valence-corrected chi connectivity index (χ4v) is 3.23. The Bertz CT molecular complexity index is 495. The van der Waals surface area contributed by atoms with Crippen molar-refractivity contribution in [3.63, 3.8) is 0 Å². The van der Waals surface area contributed by atoms with Gasteiger partial charge in [-0.3, -0.25) is 4.79 Å². The minimum Gasteiger partial charge on any atom is -0.465 e. The molecule has 1 aliphatic carbocycles. The summed E-state index contributed by atoms with van der Waals surface area (Å²) in [5.74, 6) is 0.667. The van der Waals surface area contributed by atoms with E-state index >= 15 is 0 Å². The predicted molar refractivity (Wildman–Crippen MR) is 88.4 cm³/mol. The zero-order valence-electron chi connectivity index (χ0n) is 11.9. The summed E-state index contributed by atoms with van der Waals surface area (Å²) in [6, 6.07) is 5.84. The van der Waals surface area contributed by atoms with Crippen LogP contribution in [0.2, 0.25) is 10.0 Å². The number of benzene rings is 1. The molecule has 1 aromatic rings. The van der Waals surface area contributed by atoms with Gasteiger partial charge in [-0.15, -0.1) is 11.8 Å². The number of halogens is 2. The molecule has 0 radical (unpaired) electrons. The van der Waals surface area contributed by atoms with Crippen molar-refractivity contribution in [2.75, 3.05) is 12.4 Å². The Labute approximate surface area is 139 Å². The number of carbonyl (C=O) groups is 1. The van der Waals surface area contributed by atoms with Crippen LogP contribution in [0.3, 0.4) is 0 Å². The molecule has 1 aliphatic rings. The first-order valence-corrected chi connectivity index (χ1v) is 8.85. The molecule has 0 amide bonds. The maximum atomic E-state index is 11.9. The lowest BCUT2D eigenvalue weighted by Crippen LogP contribution is -2.39. The van der Waals surface area contributed by atoms with Crippen LogP contribution in [0.15, 0.2) is 23.1 Å². The highest BCUT2D eigenvalue weighted by molar-refractivity contribution is 7.99. The summed E-state index contributed by atoms with van der Waals surface area (Å²) in [5, 5.41) is 4.46. The van der Waals surface area contributed by atoms with E-state index in [9.17, 15) is 4.79 Å². The van der Waals surface area contributed by atoms with E-state index in [2.05, 4.69) is 5.32 Å². The van der Waals surface area contributed by atoms with E-state index in [1.54, 1.807) is 17.8 Å². The van der Waals surface area contributed by atoms with Crippen molar-refractivity contribution in [2.24, 2.45) is 0 Å². The summed E-state index contributed by atoms with van der Waals surface area (Å²) in [6.07, 6.45) is 3.03. The van der Waals surface area contributed by atoms with Crippen LogP contribution in [0.1, 0.15) is 26.2 Å². The van der Waals surface area contributed by atoms with Crippen molar-refractivity contribution in [3.8, 4) is 0 Å². The standard InChI is InChI=1S/C15H19Cl2NO2S/c1-2-20-15(19)14(18-10-3-4-10)7-8-21-11-5-6-12(16)13(17)9-11/h5-6,9-10,14,18H,2-4,7-8H2,1H3. The molecule has 21 heavy (non-hydrogen) atoms. The van der Waals surface area contributed by atoms with Crippen LogP contribution >= 0.6 is 35.0 Å². The average molecular weight is 348 g/mol. The SMILES string of the molecule is CCOC(=O)C(CCSc1ccc(Cl)c(Cl)c1)NC1CC1. The van der Waals surface area contributed by atoms with Gasteiger partial charge in [-0.05, 0) is 44.4 Å². The van der Waals surface area contributed by atoms with Crippen molar-refractivity contribution in [2.45, 2.75) is 43.2 Å². The number of rotatable bonds is 8. The number of hydrogen-bond acceptors (Lipinski definition) is 4. The second kappa shape index (κ2) is 8.28. The van der Waals surface area contributed by atoms with Crippen molar-refractivity contribution in [1.29, 1.82) is 0 Å². The number of thioether (sulfide) groups is 1. The highest BCUT2D eigenvalue weighted by Crippen LogP contribution is 2.28. The van der Waals surface area contributed by atoms with Gasteiger partial charge in [-0.1, -0.05) is 23.2 Å². The van der Waals surface area contributed by atoms with Gasteiger partial charge in [0.1, 0.15) is 6.04 Å². The first-order chi connectivity index (χ1) is 10.1. The lowest BCUT2D eigenvalue weighted by molar-refractivity contribution is -0.145. The Morgan fingerprint density at radius 1 is 1.43 bits per heavy atom. The lowest BCUT2D eigenvalue weighted by atomic mass is 10.2. The van der Waals surface area contributed by atoms with Crippen LogP contribution in [-0.4, -0.2) is 30.4 Å². The van der Waals surface area contributed by atoms with E-state index in [1.807, 2.05) is 19.1 Å². The summed E-state index contributed by atoms with van der Waals surface area (Å²) < 4.78 is 5.12. The molecule has 0 aliphatic heterocycles. The van der Waals surface area contributed by atoms with Gasteiger partial charge in [0.15, 0.2) is 0 Å². The van der Waals surface area contributed by atoms with Gasteiger partial charge in [0, 0.05) is 16.7 Å². The fourth-order valence-electron chi connectivity index (χ4n) is 1.91. The molecule has 0 spiro atoms. The van der Waals surface area contributed by atoms with Gasteiger partial charge in [0.25, 0.3) is 0 Å². The quantitative estimate of drug-likeness (QED) is 0.566. The zero-order chi connectivity index (χ0) is 15.2. The Morgan fingerprint density at radius 2 is 2.19 bits per heavy atom. The Balaban J connectivity index is 1.82. The molecule has 0 heterocycles. The molecule has 1 N–H and O–H groups in total. The minimum atomic E-state index is -0.215. The molecule has 1 atom stereocenters. The van der Waals surface area contributed by atoms with Crippen LogP contribution in [0.5, 0.6) is 0 Å². The molecule has 0 bridgehead atoms. The van der Waals surface area contributed by atoms with Gasteiger partial charge >= 0.3 is 5.97 Å². The van der Waals surface area contributed by atoms with E-state index in [4.69, 9.17) is 27.9 Å². The van der Waals surface area contributed by atoms with Crippen LogP contribution in [0, 0.1) is 0 Å². The molecule has 1 unspecified atom stereocenters. The normalized spacial score (nSPS) is 15.8. The predicted octanol–water partition coefficient (Wildman–Crippen LogP) is 4.16. The first kappa shape index (κ1) is 16.9. The molecule has 0 aromatic heterocycles. The number of ether oxygens (including phenoxy) is 1. The molecule has 0 saturated heterocycles. The van der Waals surface area contributed by atoms with Gasteiger partial charge in [0.05, 0.1) is 16.7 Å². The molecule has 3 nitrogen and oxygen atoms in total. The maximum absolute atomic E-state index is 11.9. The Hall–Kier alpha value is -0.420. The van der Waals surface area contributed by atoms with E-state index in [0.29, 0.717) is 22.7 Å². The fraction of sp³-hybridized carbons (Fsp3) is 0.533. The molecular weight excluding hydrogens is 329 g/mol. The summed E-state index contributed by atoms with van der Waals surface area (Å²) in [5.41, 5.74) is 0. The number of nitrogens with one attached hydrogen (secondary N) is 1. The van der Waals surface area contributed by atoms with Crippen LogP contribution < -0.4 is 5.32 Å². The second-order valence-electron chi connectivity index (χ2n) is 4.96. The third-order valence-electron chi connectivity index (χ3n) is 3.15. The van der Waals surface area contributed by atoms with Crippen LogP contribution in [0.25, 0.3) is 0 Å². The number of esters is 1. The van der Waals surface area contributed by atoms with Crippen molar-refractivity contribution in [1.82, 2.24) is 5.32 Å². The van der Waals surface area contributed by atoms with Gasteiger partial charge in [-0.25, -0.2) is 0 Å². The maximum Gasteiger partial charge on any atom is 0.323 e. The molecule has 1 aromatic carbocycles. The molecule has 1 saturated carbocycles. The van der Waals surface area contributed by atoms with E-state index in [1.165, 1.54) is 0 Å². The molecule has 1 fully saturated rings.